The first-order valence-electron chi connectivity index (χ1n) is 8.96. The van der Waals surface area contributed by atoms with Crippen LogP contribution in [0.15, 0.2) is 30.3 Å². The van der Waals surface area contributed by atoms with Crippen LogP contribution in [0.4, 0.5) is 0 Å². The molecule has 4 bridgehead atoms. The number of carboxylic acid groups (broad SMARTS) is 1. The maximum absolute atomic E-state index is 12.5. The van der Waals surface area contributed by atoms with Crippen LogP contribution in [0.25, 0.3) is 0 Å². The van der Waals surface area contributed by atoms with Crippen LogP contribution in [0.2, 0.25) is 0 Å². The third-order valence-corrected chi connectivity index (χ3v) is 6.65. The lowest BCUT2D eigenvalue weighted by molar-refractivity contribution is -0.186. The van der Waals surface area contributed by atoms with Gasteiger partial charge in [0.2, 0.25) is 0 Å². The summed E-state index contributed by atoms with van der Waals surface area (Å²) in [5.74, 6) is -1.72. The molecule has 0 amide bonds. The molecule has 4 aliphatic rings. The molecule has 3 aliphatic carbocycles. The predicted octanol–water partition coefficient (Wildman–Crippen LogP) is 2.88. The molecular weight excluding hydrogens is 320 g/mol. The molecule has 1 aromatic carbocycles. The number of hydrogen-bond acceptors (Lipinski definition) is 4. The highest BCUT2D eigenvalue weighted by molar-refractivity contribution is 5.89. The quantitative estimate of drug-likeness (QED) is 0.608. The van der Waals surface area contributed by atoms with Crippen molar-refractivity contribution in [3.8, 4) is 0 Å². The summed E-state index contributed by atoms with van der Waals surface area (Å²) >= 11 is 0. The summed E-state index contributed by atoms with van der Waals surface area (Å²) in [4.78, 5) is 24.1. The maximum Gasteiger partial charge on any atom is 0.313 e. The third kappa shape index (κ3) is 2.11. The van der Waals surface area contributed by atoms with Crippen LogP contribution in [0, 0.1) is 28.6 Å². The highest BCUT2D eigenvalue weighted by Gasteiger charge is 2.86. The van der Waals surface area contributed by atoms with Crippen molar-refractivity contribution in [3.05, 3.63) is 35.9 Å². The normalized spacial score (nSPS) is 36.8. The van der Waals surface area contributed by atoms with Crippen molar-refractivity contribution in [2.75, 3.05) is 6.61 Å². The minimum atomic E-state index is -0.792. The van der Waals surface area contributed by atoms with Gasteiger partial charge < -0.3 is 14.6 Å². The van der Waals surface area contributed by atoms with Gasteiger partial charge in [0.15, 0.2) is 0 Å². The van der Waals surface area contributed by atoms with E-state index in [0.717, 1.165) is 12.0 Å². The Morgan fingerprint density at radius 2 is 2.00 bits per heavy atom. The number of esters is 1. The number of rotatable bonds is 7. The lowest BCUT2D eigenvalue weighted by Gasteiger charge is -2.51. The van der Waals surface area contributed by atoms with Crippen molar-refractivity contribution >= 4 is 11.9 Å². The van der Waals surface area contributed by atoms with Crippen LogP contribution in [0.3, 0.4) is 0 Å². The van der Waals surface area contributed by atoms with E-state index in [-0.39, 0.29) is 29.3 Å². The molecule has 5 nitrogen and oxygen atoms in total. The Labute approximate surface area is 147 Å². The third-order valence-electron chi connectivity index (χ3n) is 6.65. The van der Waals surface area contributed by atoms with E-state index in [1.165, 1.54) is 0 Å². The highest BCUT2D eigenvalue weighted by atomic mass is 16.6. The number of aliphatic carboxylic acids is 1. The van der Waals surface area contributed by atoms with E-state index in [1.807, 2.05) is 44.2 Å². The standard InChI is InChI=1S/C20H24O5/c1-19(2)15-13(17(21)22)14-16(19)25-18(23)20(14,15)9-6-10-24-11-12-7-4-3-5-8-12/h3-5,7-8,13-16H,6,9-11H2,1-2H3,(H,21,22)/t13?,14-,15+,16-,20?/m0/s1. The minimum absolute atomic E-state index is 0.122. The van der Waals surface area contributed by atoms with Gasteiger partial charge in [0.05, 0.1) is 17.9 Å². The Balaban J connectivity index is 1.39. The van der Waals surface area contributed by atoms with Crippen LogP contribution in [0.5, 0.6) is 0 Å². The molecule has 1 aliphatic heterocycles. The summed E-state index contributed by atoms with van der Waals surface area (Å²) in [6, 6.07) is 9.96. The molecule has 5 heteroatoms. The number of carbonyl (C=O) groups excluding carboxylic acids is 1. The zero-order chi connectivity index (χ0) is 17.8. The van der Waals surface area contributed by atoms with Crippen LogP contribution in [-0.2, 0) is 25.7 Å². The van der Waals surface area contributed by atoms with Crippen molar-refractivity contribution in [2.45, 2.75) is 39.4 Å². The molecule has 5 atom stereocenters. The van der Waals surface area contributed by atoms with Gasteiger partial charge in [-0.25, -0.2) is 0 Å². The van der Waals surface area contributed by atoms with E-state index in [4.69, 9.17) is 9.47 Å². The van der Waals surface area contributed by atoms with Crippen LogP contribution in [-0.4, -0.2) is 29.8 Å². The van der Waals surface area contributed by atoms with Gasteiger partial charge in [-0.1, -0.05) is 44.2 Å². The molecule has 1 saturated heterocycles. The second-order valence-electron chi connectivity index (χ2n) is 8.20. The number of carboxylic acids is 1. The number of benzene rings is 1. The van der Waals surface area contributed by atoms with Crippen molar-refractivity contribution < 1.29 is 24.2 Å². The number of hydrogen-bond donors (Lipinski definition) is 1. The fourth-order valence-corrected chi connectivity index (χ4v) is 5.83. The molecule has 1 aromatic rings. The Bertz CT molecular complexity index is 697. The van der Waals surface area contributed by atoms with Gasteiger partial charge in [0.25, 0.3) is 0 Å². The second kappa shape index (κ2) is 5.56. The largest absolute Gasteiger partial charge is 0.481 e. The summed E-state index contributed by atoms with van der Waals surface area (Å²) in [6.45, 7) is 5.19. The molecule has 5 rings (SSSR count). The first kappa shape index (κ1) is 16.6. The highest BCUT2D eigenvalue weighted by Crippen LogP contribution is 2.78. The predicted molar refractivity (Wildman–Crippen MR) is 89.5 cm³/mol. The van der Waals surface area contributed by atoms with Crippen molar-refractivity contribution in [1.82, 2.24) is 0 Å². The zero-order valence-corrected chi connectivity index (χ0v) is 14.6. The molecular formula is C20H24O5. The molecule has 0 spiro atoms. The Morgan fingerprint density at radius 1 is 1.28 bits per heavy atom. The molecule has 1 N–H and O–H groups in total. The van der Waals surface area contributed by atoms with E-state index in [9.17, 15) is 14.7 Å². The van der Waals surface area contributed by atoms with E-state index in [1.54, 1.807) is 0 Å². The monoisotopic (exact) mass is 344 g/mol. The van der Waals surface area contributed by atoms with Crippen LogP contribution >= 0.6 is 0 Å². The minimum Gasteiger partial charge on any atom is -0.481 e. The maximum atomic E-state index is 12.5. The lowest BCUT2D eigenvalue weighted by Crippen LogP contribution is -2.59. The Kier molecular flexibility index (Phi) is 3.69. The van der Waals surface area contributed by atoms with E-state index < -0.39 is 17.3 Å². The Morgan fingerprint density at radius 3 is 2.64 bits per heavy atom. The average molecular weight is 344 g/mol. The second-order valence-corrected chi connectivity index (χ2v) is 8.20. The average Bonchev–Trinajstić information content (AvgIpc) is 3.00. The summed E-state index contributed by atoms with van der Waals surface area (Å²) in [5, 5.41) is 9.55. The lowest BCUT2D eigenvalue weighted by atomic mass is 9.48. The molecule has 3 saturated carbocycles. The summed E-state index contributed by atoms with van der Waals surface area (Å²) in [5.41, 5.74) is 0.261. The van der Waals surface area contributed by atoms with Crippen molar-refractivity contribution in [3.63, 3.8) is 0 Å². The van der Waals surface area contributed by atoms with Gasteiger partial charge in [0, 0.05) is 17.9 Å². The molecule has 0 aromatic heterocycles. The summed E-state index contributed by atoms with van der Waals surface area (Å²) in [7, 11) is 0. The molecule has 2 unspecified atom stereocenters. The van der Waals surface area contributed by atoms with E-state index >= 15 is 0 Å². The van der Waals surface area contributed by atoms with Gasteiger partial charge in [0.1, 0.15) is 6.10 Å². The van der Waals surface area contributed by atoms with Gasteiger partial charge in [-0.05, 0) is 24.3 Å². The number of ether oxygens (including phenoxy) is 2. The van der Waals surface area contributed by atoms with Gasteiger partial charge in [-0.2, -0.15) is 0 Å². The first-order chi connectivity index (χ1) is 11.9. The number of carbonyl (C=O) groups is 2. The van der Waals surface area contributed by atoms with Crippen molar-refractivity contribution in [1.29, 1.82) is 0 Å². The summed E-state index contributed by atoms with van der Waals surface area (Å²) in [6.07, 6.45) is 1.14. The van der Waals surface area contributed by atoms with E-state index in [0.29, 0.717) is 19.6 Å². The smallest absolute Gasteiger partial charge is 0.313 e. The van der Waals surface area contributed by atoms with Gasteiger partial charge >= 0.3 is 11.9 Å². The van der Waals surface area contributed by atoms with Crippen LogP contribution < -0.4 is 0 Å². The zero-order valence-electron chi connectivity index (χ0n) is 14.6. The fourth-order valence-electron chi connectivity index (χ4n) is 5.83. The van der Waals surface area contributed by atoms with E-state index in [2.05, 4.69) is 0 Å². The molecule has 134 valence electrons. The van der Waals surface area contributed by atoms with Crippen LogP contribution in [0.1, 0.15) is 32.3 Å². The topological polar surface area (TPSA) is 72.8 Å². The molecule has 4 fully saturated rings. The molecule has 0 radical (unpaired) electrons. The molecule has 25 heavy (non-hydrogen) atoms. The van der Waals surface area contributed by atoms with Gasteiger partial charge in [-0.15, -0.1) is 0 Å². The SMILES string of the molecule is CC1(C)[C@H]2C(C(=O)O)[C@H]3[C@@H]1OC(=O)C23CCCOCc1ccccc1. The Hall–Kier alpha value is -1.88. The summed E-state index contributed by atoms with van der Waals surface area (Å²) < 4.78 is 11.3. The van der Waals surface area contributed by atoms with Crippen molar-refractivity contribution in [2.24, 2.45) is 28.6 Å². The fraction of sp³-hybridized carbons (Fsp3) is 0.600. The van der Waals surface area contributed by atoms with Gasteiger partial charge in [-0.3, -0.25) is 9.59 Å². The molecule has 1 heterocycles. The first-order valence-corrected chi connectivity index (χ1v) is 8.96.